The normalized spacial score (nSPS) is 8.82. The van der Waals surface area contributed by atoms with Crippen LogP contribution in [0.5, 0.6) is 0 Å². The quantitative estimate of drug-likeness (QED) is 0.288. The Hall–Kier alpha value is 2.02. The standard InChI is InChI=1S/C7H7O3S.2K.O3S/c1-6-4-2-3-5-7(6)11(8,9)10;;;1-4(2)3/h3-5H,1H3,(H,8,9,10);;;/q-1;2*+1;/p-1. The van der Waals surface area contributed by atoms with E-state index in [1.54, 1.807) is 6.92 Å². The molecule has 10 heteroatoms. The average molecular weight is 328 g/mol. The Bertz CT molecular complexity index is 530. The molecule has 17 heavy (non-hydrogen) atoms. The molecule has 0 aliphatic heterocycles. The third-order valence-electron chi connectivity index (χ3n) is 1.29. The van der Waals surface area contributed by atoms with E-state index in [9.17, 15) is 13.0 Å². The maximum absolute atomic E-state index is 10.5. The first-order valence-electron chi connectivity index (χ1n) is 3.44. The summed E-state index contributed by atoms with van der Waals surface area (Å²) in [5.74, 6) is 0. The van der Waals surface area contributed by atoms with Gasteiger partial charge in [0.15, 0.2) is 0 Å². The van der Waals surface area contributed by atoms with Crippen molar-refractivity contribution in [2.75, 3.05) is 0 Å². The van der Waals surface area contributed by atoms with Gasteiger partial charge in [-0.15, -0.1) is 18.2 Å². The molecule has 0 aliphatic rings. The van der Waals surface area contributed by atoms with Crippen molar-refractivity contribution in [3.8, 4) is 0 Å². The summed E-state index contributed by atoms with van der Waals surface area (Å²) in [6, 6.07) is 6.78. The van der Waals surface area contributed by atoms with E-state index in [2.05, 4.69) is 6.07 Å². The van der Waals surface area contributed by atoms with E-state index in [1.165, 1.54) is 18.2 Å². The van der Waals surface area contributed by atoms with Crippen LogP contribution in [-0.2, 0) is 20.7 Å². The molecule has 0 heterocycles. The van der Waals surface area contributed by atoms with Crippen LogP contribution in [0.15, 0.2) is 23.1 Å². The molecule has 0 unspecified atom stereocenters. The van der Waals surface area contributed by atoms with Gasteiger partial charge in [0, 0.05) is 0 Å². The Kier molecular flexibility index (Phi) is 16.7. The van der Waals surface area contributed by atoms with Crippen LogP contribution in [0.4, 0.5) is 0 Å². The molecular formula is C7H6K2O6S2. The van der Waals surface area contributed by atoms with E-state index in [-0.39, 0.29) is 108 Å². The van der Waals surface area contributed by atoms with Crippen molar-refractivity contribution < 1.29 is 128 Å². The van der Waals surface area contributed by atoms with E-state index < -0.39 is 20.7 Å². The third-order valence-corrected chi connectivity index (χ3v) is 2.29. The van der Waals surface area contributed by atoms with Gasteiger partial charge in [-0.25, -0.2) is 8.42 Å². The molecular weight excluding hydrogens is 322 g/mol. The van der Waals surface area contributed by atoms with Crippen molar-refractivity contribution in [3.63, 3.8) is 0 Å². The molecule has 0 N–H and O–H groups in total. The predicted molar refractivity (Wildman–Crippen MR) is 47.7 cm³/mol. The summed E-state index contributed by atoms with van der Waals surface area (Å²) < 4.78 is 56.8. The minimum Gasteiger partial charge on any atom is -0.746 e. The van der Waals surface area contributed by atoms with E-state index in [4.69, 9.17) is 12.6 Å². The van der Waals surface area contributed by atoms with Gasteiger partial charge < -0.3 is 4.55 Å². The summed E-state index contributed by atoms with van der Waals surface area (Å²) in [5, 5.41) is 0. The number of benzene rings is 1. The van der Waals surface area contributed by atoms with E-state index in [0.717, 1.165) is 0 Å². The van der Waals surface area contributed by atoms with Gasteiger partial charge in [-0.2, -0.15) is 24.3 Å². The fraction of sp³-hybridized carbons (Fsp3) is 0.143. The molecule has 1 aromatic rings. The Labute approximate surface area is 186 Å². The first-order chi connectivity index (χ1) is 6.75. The predicted octanol–water partition coefficient (Wildman–Crippen LogP) is -6.30. The van der Waals surface area contributed by atoms with Crippen LogP contribution in [0, 0.1) is 13.0 Å². The monoisotopic (exact) mass is 328 g/mol. The van der Waals surface area contributed by atoms with Gasteiger partial charge in [0.05, 0.1) is 0 Å². The molecule has 0 bridgehead atoms. The maximum Gasteiger partial charge on any atom is 1.00 e. The fourth-order valence-electron chi connectivity index (χ4n) is 0.780. The second kappa shape index (κ2) is 11.8. The van der Waals surface area contributed by atoms with Crippen LogP contribution in [0.1, 0.15) is 5.56 Å². The molecule has 0 fully saturated rings. The summed E-state index contributed by atoms with van der Waals surface area (Å²) in [6.45, 7) is 1.56. The van der Waals surface area contributed by atoms with Crippen LogP contribution in [0.3, 0.4) is 0 Å². The van der Waals surface area contributed by atoms with Crippen LogP contribution in [0.25, 0.3) is 0 Å². The van der Waals surface area contributed by atoms with E-state index in [1.807, 2.05) is 0 Å². The van der Waals surface area contributed by atoms with Crippen molar-refractivity contribution in [2.45, 2.75) is 11.8 Å². The van der Waals surface area contributed by atoms with E-state index in [0.29, 0.717) is 5.56 Å². The second-order valence-corrected chi connectivity index (χ2v) is 4.11. The van der Waals surface area contributed by atoms with Crippen molar-refractivity contribution in [1.29, 1.82) is 0 Å². The number of aryl methyl sites for hydroxylation is 1. The number of hydrogen-bond acceptors (Lipinski definition) is 6. The largest absolute Gasteiger partial charge is 1.00 e. The summed E-state index contributed by atoms with van der Waals surface area (Å²) in [7, 11) is -7.41. The van der Waals surface area contributed by atoms with Crippen molar-refractivity contribution >= 4 is 20.7 Å². The number of hydrogen-bond donors (Lipinski definition) is 0. The molecule has 6 nitrogen and oxygen atoms in total. The van der Waals surface area contributed by atoms with Crippen molar-refractivity contribution in [3.05, 3.63) is 29.8 Å². The SMILES string of the molecule is Cc1c[c-]ccc1S(=O)(=O)[O-].O=S(=O)=O.[K+].[K+]. The molecule has 0 aliphatic carbocycles. The molecule has 0 aromatic heterocycles. The zero-order chi connectivity index (χ0) is 12.1. The van der Waals surface area contributed by atoms with Gasteiger partial charge in [0.1, 0.15) is 10.1 Å². The first kappa shape index (κ1) is 24.1. The molecule has 0 amide bonds. The maximum atomic E-state index is 10.5. The summed E-state index contributed by atoms with van der Waals surface area (Å²) in [4.78, 5) is -0.170. The third kappa shape index (κ3) is 12.8. The first-order valence-corrected chi connectivity index (χ1v) is 5.85. The van der Waals surface area contributed by atoms with Gasteiger partial charge in [-0.1, -0.05) is 11.8 Å². The Balaban J connectivity index is -0.000000289. The molecule has 84 valence electrons. The number of rotatable bonds is 1. The fourth-order valence-corrected chi connectivity index (χ4v) is 1.47. The van der Waals surface area contributed by atoms with Gasteiger partial charge in [-0.05, 0) is 0 Å². The van der Waals surface area contributed by atoms with Crippen molar-refractivity contribution in [2.24, 2.45) is 0 Å². The molecule has 0 spiro atoms. The van der Waals surface area contributed by atoms with Gasteiger partial charge in [-0.3, -0.25) is 0 Å². The Morgan fingerprint density at radius 1 is 1.24 bits per heavy atom. The Morgan fingerprint density at radius 2 is 1.65 bits per heavy atom. The second-order valence-electron chi connectivity index (χ2n) is 2.35. The Morgan fingerprint density at radius 3 is 1.88 bits per heavy atom. The van der Waals surface area contributed by atoms with E-state index >= 15 is 0 Å². The van der Waals surface area contributed by atoms with Crippen LogP contribution < -0.4 is 103 Å². The van der Waals surface area contributed by atoms with Crippen LogP contribution in [-0.4, -0.2) is 25.6 Å². The van der Waals surface area contributed by atoms with Crippen molar-refractivity contribution in [1.82, 2.24) is 0 Å². The van der Waals surface area contributed by atoms with Gasteiger partial charge in [0.25, 0.3) is 0 Å². The van der Waals surface area contributed by atoms with Gasteiger partial charge in [0.2, 0.25) is 0 Å². The molecule has 1 aromatic carbocycles. The minimum absolute atomic E-state index is 0. The molecule has 0 saturated heterocycles. The zero-order valence-electron chi connectivity index (χ0n) is 9.50. The average Bonchev–Trinajstić information content (AvgIpc) is 2.01. The summed E-state index contributed by atoms with van der Waals surface area (Å²) in [5.41, 5.74) is 0.433. The minimum atomic E-state index is -4.30. The summed E-state index contributed by atoms with van der Waals surface area (Å²) in [6.07, 6.45) is 0. The van der Waals surface area contributed by atoms with Gasteiger partial charge >= 0.3 is 113 Å². The van der Waals surface area contributed by atoms with Crippen LogP contribution >= 0.6 is 0 Å². The zero-order valence-corrected chi connectivity index (χ0v) is 17.4. The molecule has 1 rings (SSSR count). The molecule has 0 radical (unpaired) electrons. The summed E-state index contributed by atoms with van der Waals surface area (Å²) >= 11 is 0. The van der Waals surface area contributed by atoms with Crippen LogP contribution in [0.2, 0.25) is 0 Å². The smallest absolute Gasteiger partial charge is 0.746 e. The molecule has 0 atom stereocenters. The molecule has 0 saturated carbocycles. The topological polar surface area (TPSA) is 108 Å².